The van der Waals surface area contributed by atoms with Crippen molar-refractivity contribution >= 4 is 17.5 Å². The number of pyridine rings is 1. The lowest BCUT2D eigenvalue weighted by Crippen LogP contribution is -2.27. The van der Waals surface area contributed by atoms with Crippen molar-refractivity contribution in [2.24, 2.45) is 0 Å². The molecule has 2 N–H and O–H groups in total. The Balaban J connectivity index is 2.31. The van der Waals surface area contributed by atoms with E-state index in [1.54, 1.807) is 20.3 Å². The molecule has 0 radical (unpaired) electrons. The van der Waals surface area contributed by atoms with Crippen molar-refractivity contribution in [3.63, 3.8) is 0 Å². The van der Waals surface area contributed by atoms with Gasteiger partial charge in [-0.05, 0) is 6.07 Å². The average molecular weight is 281 g/mol. The van der Waals surface area contributed by atoms with E-state index >= 15 is 0 Å². The molecule has 0 saturated carbocycles. The van der Waals surface area contributed by atoms with Gasteiger partial charge in [0, 0.05) is 27.3 Å². The van der Waals surface area contributed by atoms with E-state index in [1.807, 2.05) is 4.90 Å². The van der Waals surface area contributed by atoms with E-state index in [4.69, 9.17) is 19.9 Å². The summed E-state index contributed by atoms with van der Waals surface area (Å²) in [5, 5.41) is 0. The molecule has 1 aliphatic heterocycles. The zero-order valence-corrected chi connectivity index (χ0v) is 11.8. The van der Waals surface area contributed by atoms with Crippen LogP contribution in [-0.4, -0.2) is 57.6 Å². The number of hydrogen-bond acceptors (Lipinski definition) is 7. The first kappa shape index (κ1) is 14.5. The molecule has 0 aromatic carbocycles. The molecule has 1 aromatic rings. The lowest BCUT2D eigenvalue weighted by atomic mass is 10.2. The van der Waals surface area contributed by atoms with Gasteiger partial charge in [0.25, 0.3) is 0 Å². The second-order valence-corrected chi connectivity index (χ2v) is 4.58. The number of nitrogens with zero attached hydrogens (tertiary/aromatic N) is 2. The third-order valence-electron chi connectivity index (χ3n) is 3.41. The molecular formula is C13H19N3O4. The predicted molar refractivity (Wildman–Crippen MR) is 73.8 cm³/mol. The Hall–Kier alpha value is -1.86. The summed E-state index contributed by atoms with van der Waals surface area (Å²) in [7, 11) is 4.60. The molecule has 0 amide bonds. The fourth-order valence-electron chi connectivity index (χ4n) is 2.36. The molecule has 1 saturated heterocycles. The summed E-state index contributed by atoms with van der Waals surface area (Å²) < 4.78 is 15.5. The highest BCUT2D eigenvalue weighted by Crippen LogP contribution is 2.26. The molecule has 0 aliphatic carbocycles. The SMILES string of the molecule is COC(=O)c1cc(N)cnc1N1CC(OC)C(OC)C1. The highest BCUT2D eigenvalue weighted by Gasteiger charge is 2.35. The Labute approximate surface area is 117 Å². The van der Waals surface area contributed by atoms with Crippen molar-refractivity contribution in [3.8, 4) is 0 Å². The smallest absolute Gasteiger partial charge is 0.341 e. The molecule has 1 aliphatic rings. The number of nitrogens with two attached hydrogens (primary N) is 1. The number of rotatable bonds is 4. The summed E-state index contributed by atoms with van der Waals surface area (Å²) in [6.45, 7) is 1.19. The third-order valence-corrected chi connectivity index (χ3v) is 3.41. The fourth-order valence-corrected chi connectivity index (χ4v) is 2.36. The first-order valence-electron chi connectivity index (χ1n) is 6.25. The number of methoxy groups -OCH3 is 3. The minimum Gasteiger partial charge on any atom is -0.465 e. The van der Waals surface area contributed by atoms with Gasteiger partial charge in [-0.15, -0.1) is 0 Å². The van der Waals surface area contributed by atoms with Crippen LogP contribution in [0.15, 0.2) is 12.3 Å². The van der Waals surface area contributed by atoms with E-state index in [-0.39, 0.29) is 12.2 Å². The Morgan fingerprint density at radius 3 is 2.40 bits per heavy atom. The van der Waals surface area contributed by atoms with Crippen LogP contribution in [0.1, 0.15) is 10.4 Å². The Bertz CT molecular complexity index is 483. The van der Waals surface area contributed by atoms with Gasteiger partial charge in [-0.2, -0.15) is 0 Å². The van der Waals surface area contributed by atoms with Gasteiger partial charge in [0.2, 0.25) is 0 Å². The number of aromatic nitrogens is 1. The van der Waals surface area contributed by atoms with Gasteiger partial charge < -0.3 is 24.8 Å². The number of anilines is 2. The Morgan fingerprint density at radius 2 is 1.90 bits per heavy atom. The lowest BCUT2D eigenvalue weighted by Gasteiger charge is -2.19. The highest BCUT2D eigenvalue weighted by atomic mass is 16.5. The maximum Gasteiger partial charge on any atom is 0.341 e. The van der Waals surface area contributed by atoms with Gasteiger partial charge >= 0.3 is 5.97 Å². The molecule has 20 heavy (non-hydrogen) atoms. The molecule has 7 heteroatoms. The van der Waals surface area contributed by atoms with E-state index in [1.165, 1.54) is 13.3 Å². The van der Waals surface area contributed by atoms with E-state index in [0.717, 1.165) is 0 Å². The summed E-state index contributed by atoms with van der Waals surface area (Å²) in [5.41, 5.74) is 6.45. The molecule has 2 heterocycles. The molecule has 2 rings (SSSR count). The molecular weight excluding hydrogens is 262 g/mol. The minimum atomic E-state index is -0.463. The first-order valence-corrected chi connectivity index (χ1v) is 6.25. The van der Waals surface area contributed by atoms with E-state index in [2.05, 4.69) is 4.98 Å². The summed E-state index contributed by atoms with van der Waals surface area (Å²) in [5.74, 6) is 0.0716. The van der Waals surface area contributed by atoms with Crippen LogP contribution in [0.3, 0.4) is 0 Å². The maximum atomic E-state index is 11.8. The molecule has 1 fully saturated rings. The van der Waals surface area contributed by atoms with Crippen molar-refractivity contribution in [2.75, 3.05) is 45.1 Å². The summed E-state index contributed by atoms with van der Waals surface area (Å²) >= 11 is 0. The minimum absolute atomic E-state index is 0.0650. The quantitative estimate of drug-likeness (QED) is 0.794. The summed E-state index contributed by atoms with van der Waals surface area (Å²) in [6, 6.07) is 1.57. The zero-order valence-electron chi connectivity index (χ0n) is 11.8. The molecule has 0 spiro atoms. The van der Waals surface area contributed by atoms with Crippen molar-refractivity contribution < 1.29 is 19.0 Å². The largest absolute Gasteiger partial charge is 0.465 e. The third kappa shape index (κ3) is 2.68. The van der Waals surface area contributed by atoms with Crippen LogP contribution in [0, 0.1) is 0 Å². The van der Waals surface area contributed by atoms with Crippen molar-refractivity contribution in [1.29, 1.82) is 0 Å². The second-order valence-electron chi connectivity index (χ2n) is 4.58. The second kappa shape index (κ2) is 6.06. The lowest BCUT2D eigenvalue weighted by molar-refractivity contribution is -0.00461. The fraction of sp³-hybridized carbons (Fsp3) is 0.538. The van der Waals surface area contributed by atoms with Crippen LogP contribution >= 0.6 is 0 Å². The molecule has 7 nitrogen and oxygen atoms in total. The first-order chi connectivity index (χ1) is 9.60. The van der Waals surface area contributed by atoms with E-state index in [0.29, 0.717) is 30.2 Å². The van der Waals surface area contributed by atoms with Crippen LogP contribution in [0.25, 0.3) is 0 Å². The van der Waals surface area contributed by atoms with Gasteiger partial charge in [0.15, 0.2) is 0 Å². The Morgan fingerprint density at radius 1 is 1.30 bits per heavy atom. The monoisotopic (exact) mass is 281 g/mol. The standard InChI is InChI=1S/C13H19N3O4/c1-18-10-6-16(7-11(10)19-2)12-9(13(17)20-3)4-8(14)5-15-12/h4-5,10-11H,6-7,14H2,1-3H3. The van der Waals surface area contributed by atoms with Gasteiger partial charge in [-0.1, -0.05) is 0 Å². The van der Waals surface area contributed by atoms with Crippen LogP contribution in [-0.2, 0) is 14.2 Å². The van der Waals surface area contributed by atoms with E-state index in [9.17, 15) is 4.79 Å². The van der Waals surface area contributed by atoms with Gasteiger partial charge in [0.1, 0.15) is 23.6 Å². The normalized spacial score (nSPS) is 22.1. The summed E-state index contributed by atoms with van der Waals surface area (Å²) in [6.07, 6.45) is 1.39. The molecule has 0 bridgehead atoms. The van der Waals surface area contributed by atoms with Crippen LogP contribution < -0.4 is 10.6 Å². The highest BCUT2D eigenvalue weighted by molar-refractivity contribution is 5.95. The number of esters is 1. The average Bonchev–Trinajstić information content (AvgIpc) is 2.89. The van der Waals surface area contributed by atoms with Crippen molar-refractivity contribution in [2.45, 2.75) is 12.2 Å². The molecule has 2 unspecified atom stereocenters. The van der Waals surface area contributed by atoms with Gasteiger partial charge in [-0.25, -0.2) is 9.78 Å². The zero-order chi connectivity index (χ0) is 14.7. The van der Waals surface area contributed by atoms with E-state index < -0.39 is 5.97 Å². The molecule has 1 aromatic heterocycles. The Kier molecular flexibility index (Phi) is 4.41. The van der Waals surface area contributed by atoms with Crippen LogP contribution in [0.2, 0.25) is 0 Å². The summed E-state index contributed by atoms with van der Waals surface area (Å²) in [4.78, 5) is 18.0. The molecule has 110 valence electrons. The molecule has 2 atom stereocenters. The van der Waals surface area contributed by atoms with Gasteiger partial charge in [0.05, 0.1) is 19.0 Å². The number of nitrogen functional groups attached to an aromatic ring is 1. The maximum absolute atomic E-state index is 11.8. The van der Waals surface area contributed by atoms with Crippen molar-refractivity contribution in [3.05, 3.63) is 17.8 Å². The number of ether oxygens (including phenoxy) is 3. The number of hydrogen-bond donors (Lipinski definition) is 1. The number of carbonyl (C=O) groups is 1. The van der Waals surface area contributed by atoms with Crippen LogP contribution in [0.5, 0.6) is 0 Å². The van der Waals surface area contributed by atoms with Crippen LogP contribution in [0.4, 0.5) is 11.5 Å². The topological polar surface area (TPSA) is 86.9 Å². The van der Waals surface area contributed by atoms with Crippen molar-refractivity contribution in [1.82, 2.24) is 4.98 Å². The van der Waals surface area contributed by atoms with Gasteiger partial charge in [-0.3, -0.25) is 0 Å². The predicted octanol–water partition coefficient (Wildman–Crippen LogP) is 0.300. The number of carbonyl (C=O) groups excluding carboxylic acids is 1.